The minimum Gasteiger partial charge on any atom is -0.549 e. The van der Waals surface area contributed by atoms with Crippen molar-refractivity contribution in [3.05, 3.63) is 47.7 Å². The van der Waals surface area contributed by atoms with E-state index in [0.717, 1.165) is 37.3 Å². The molecule has 1 saturated carbocycles. The third kappa shape index (κ3) is 7.06. The Balaban J connectivity index is 1.84. The summed E-state index contributed by atoms with van der Waals surface area (Å²) < 4.78 is 19.8. The number of ether oxygens (including phenoxy) is 2. The highest BCUT2D eigenvalue weighted by atomic mass is 28.4. The average Bonchev–Trinajstić information content (AvgIpc) is 3.10. The van der Waals surface area contributed by atoms with E-state index >= 15 is 0 Å². The topological polar surface area (TPSA) is 47.9 Å². The number of rotatable bonds is 8. The zero-order valence-electron chi connectivity index (χ0n) is 22.8. The van der Waals surface area contributed by atoms with Gasteiger partial charge in [-0.05, 0) is 54.6 Å². The molecule has 0 bridgehead atoms. The molecular formula is C28H48O4Si2. The third-order valence-corrected chi connectivity index (χ3v) is 13.5. The summed E-state index contributed by atoms with van der Waals surface area (Å²) in [4.78, 5) is 0. The van der Waals surface area contributed by atoms with Crippen LogP contribution in [0.4, 0.5) is 0 Å². The van der Waals surface area contributed by atoms with E-state index in [9.17, 15) is 5.11 Å². The van der Waals surface area contributed by atoms with Crippen LogP contribution in [0, 0.1) is 0 Å². The standard InChI is InChI=1S/C28H48O4Si2/c1-27(2,3)34(7,8)30-20-22(21-33(4,5)6)19-24(29)26-25(23-15-11-9-12-16-23)31-28(32-26)17-13-10-14-18-28/h9,11-12,15-16,20,24-26,29H,10,13-14,17-19,21H2,1-8H3/b22-20-/t24-,25+,26+/m1/s1. The average molecular weight is 505 g/mol. The fourth-order valence-electron chi connectivity index (χ4n) is 4.78. The van der Waals surface area contributed by atoms with Crippen LogP contribution < -0.4 is 0 Å². The van der Waals surface area contributed by atoms with Crippen LogP contribution in [0.15, 0.2) is 42.2 Å². The first kappa shape index (κ1) is 27.7. The second-order valence-corrected chi connectivity index (χ2v) is 23.4. The summed E-state index contributed by atoms with van der Waals surface area (Å²) in [6.07, 6.45) is 6.58. The normalized spacial score (nSPS) is 24.9. The first-order valence-electron chi connectivity index (χ1n) is 13.2. The maximum atomic E-state index is 11.6. The number of benzene rings is 1. The molecule has 1 aromatic rings. The molecule has 4 nitrogen and oxygen atoms in total. The molecule has 1 N–H and O–H groups in total. The number of hydrogen-bond donors (Lipinski definition) is 1. The van der Waals surface area contributed by atoms with Gasteiger partial charge in [-0.15, -0.1) is 0 Å². The number of aliphatic hydroxyl groups is 1. The lowest BCUT2D eigenvalue weighted by atomic mass is 9.94. The van der Waals surface area contributed by atoms with Crippen molar-refractivity contribution < 1.29 is 19.0 Å². The van der Waals surface area contributed by atoms with Gasteiger partial charge in [0, 0.05) is 20.9 Å². The van der Waals surface area contributed by atoms with Gasteiger partial charge in [-0.1, -0.05) is 77.2 Å². The predicted molar refractivity (Wildman–Crippen MR) is 146 cm³/mol. The molecule has 2 aliphatic rings. The van der Waals surface area contributed by atoms with E-state index < -0.39 is 28.3 Å². The molecule has 3 rings (SSSR count). The number of aliphatic hydroxyl groups excluding tert-OH is 1. The fraction of sp³-hybridized carbons (Fsp3) is 0.714. The zero-order chi connectivity index (χ0) is 25.2. The molecule has 1 spiro atoms. The Hall–Kier alpha value is -0.926. The molecule has 0 radical (unpaired) electrons. The maximum absolute atomic E-state index is 11.6. The monoisotopic (exact) mass is 504 g/mol. The lowest BCUT2D eigenvalue weighted by molar-refractivity contribution is -0.200. The Morgan fingerprint density at radius 2 is 1.68 bits per heavy atom. The van der Waals surface area contributed by atoms with Crippen LogP contribution in [0.1, 0.15) is 71.0 Å². The highest BCUT2D eigenvalue weighted by molar-refractivity contribution is 6.76. The van der Waals surface area contributed by atoms with Crippen molar-refractivity contribution in [2.75, 3.05) is 0 Å². The van der Waals surface area contributed by atoms with E-state index in [-0.39, 0.29) is 17.2 Å². The lowest BCUT2D eigenvalue weighted by Gasteiger charge is -2.36. The van der Waals surface area contributed by atoms with Crippen LogP contribution in [0.3, 0.4) is 0 Å². The van der Waals surface area contributed by atoms with Crippen molar-refractivity contribution in [2.45, 2.75) is 127 Å². The van der Waals surface area contributed by atoms with Crippen LogP contribution in [0.5, 0.6) is 0 Å². The van der Waals surface area contributed by atoms with Gasteiger partial charge in [0.05, 0.1) is 12.4 Å². The highest BCUT2D eigenvalue weighted by Gasteiger charge is 2.51. The first-order valence-corrected chi connectivity index (χ1v) is 19.8. The molecule has 1 aliphatic heterocycles. The van der Waals surface area contributed by atoms with Gasteiger partial charge in [0.25, 0.3) is 0 Å². The van der Waals surface area contributed by atoms with Crippen LogP contribution in [-0.4, -0.2) is 39.5 Å². The van der Waals surface area contributed by atoms with E-state index in [0.29, 0.717) is 6.42 Å². The van der Waals surface area contributed by atoms with Gasteiger partial charge >= 0.3 is 0 Å². The van der Waals surface area contributed by atoms with E-state index in [1.165, 1.54) is 12.0 Å². The zero-order valence-corrected chi connectivity index (χ0v) is 24.8. The molecule has 192 valence electrons. The summed E-state index contributed by atoms with van der Waals surface area (Å²) in [5.41, 5.74) is 2.29. The molecule has 2 fully saturated rings. The summed E-state index contributed by atoms with van der Waals surface area (Å²) in [6, 6.07) is 11.3. The SMILES string of the molecule is CC(C)(C)[Si](C)(C)O/C=C(/C[C@@H](O)[C@@H]1OC2(CCCCC2)O[C@H]1c1ccccc1)C[Si](C)(C)C. The maximum Gasteiger partial charge on any atom is 0.249 e. The second-order valence-electron chi connectivity index (χ2n) is 13.2. The van der Waals surface area contributed by atoms with Crippen LogP contribution in [0.2, 0.25) is 43.8 Å². The van der Waals surface area contributed by atoms with E-state index in [2.05, 4.69) is 65.6 Å². The molecule has 3 atom stereocenters. The Bertz CT molecular complexity index is 817. The molecular weight excluding hydrogens is 456 g/mol. The van der Waals surface area contributed by atoms with Crippen molar-refractivity contribution in [2.24, 2.45) is 0 Å². The highest BCUT2D eigenvalue weighted by Crippen LogP contribution is 2.47. The Kier molecular flexibility index (Phi) is 8.62. The second kappa shape index (κ2) is 10.6. The Labute approximate surface area is 210 Å². The first-order chi connectivity index (χ1) is 15.7. The van der Waals surface area contributed by atoms with Crippen molar-refractivity contribution in [3.63, 3.8) is 0 Å². The summed E-state index contributed by atoms with van der Waals surface area (Å²) in [5.74, 6) is -0.551. The summed E-state index contributed by atoms with van der Waals surface area (Å²) in [5, 5.41) is 11.7. The Morgan fingerprint density at radius 3 is 2.24 bits per heavy atom. The van der Waals surface area contributed by atoms with Crippen LogP contribution >= 0.6 is 0 Å². The molecule has 1 aliphatic carbocycles. The van der Waals surface area contributed by atoms with Gasteiger partial charge in [-0.3, -0.25) is 0 Å². The van der Waals surface area contributed by atoms with Gasteiger partial charge in [-0.25, -0.2) is 0 Å². The minimum absolute atomic E-state index is 0.139. The van der Waals surface area contributed by atoms with Gasteiger partial charge < -0.3 is 19.0 Å². The van der Waals surface area contributed by atoms with E-state index in [4.69, 9.17) is 13.9 Å². The predicted octanol–water partition coefficient (Wildman–Crippen LogP) is 7.80. The summed E-state index contributed by atoms with van der Waals surface area (Å²) >= 11 is 0. The van der Waals surface area contributed by atoms with Crippen molar-refractivity contribution in [1.29, 1.82) is 0 Å². The quantitative estimate of drug-likeness (QED) is 0.290. The fourth-order valence-corrected chi connectivity index (χ4v) is 7.18. The van der Waals surface area contributed by atoms with Gasteiger partial charge in [-0.2, -0.15) is 0 Å². The smallest absolute Gasteiger partial charge is 0.249 e. The van der Waals surface area contributed by atoms with Crippen molar-refractivity contribution in [3.8, 4) is 0 Å². The summed E-state index contributed by atoms with van der Waals surface area (Å²) in [6.45, 7) is 18.5. The molecule has 6 heteroatoms. The molecule has 0 aromatic heterocycles. The number of hydrogen-bond acceptors (Lipinski definition) is 4. The molecule has 1 aromatic carbocycles. The molecule has 0 unspecified atom stereocenters. The summed E-state index contributed by atoms with van der Waals surface area (Å²) in [7, 11) is -3.33. The molecule has 34 heavy (non-hydrogen) atoms. The van der Waals surface area contributed by atoms with Crippen molar-refractivity contribution >= 4 is 16.4 Å². The van der Waals surface area contributed by atoms with Crippen molar-refractivity contribution in [1.82, 2.24) is 0 Å². The van der Waals surface area contributed by atoms with E-state index in [1.807, 2.05) is 24.5 Å². The lowest BCUT2D eigenvalue weighted by Crippen LogP contribution is -2.39. The largest absolute Gasteiger partial charge is 0.549 e. The molecule has 0 amide bonds. The van der Waals surface area contributed by atoms with Gasteiger partial charge in [0.15, 0.2) is 5.79 Å². The Morgan fingerprint density at radius 1 is 1.06 bits per heavy atom. The minimum atomic E-state index is -1.92. The molecule has 1 heterocycles. The van der Waals surface area contributed by atoms with Gasteiger partial charge in [0.1, 0.15) is 12.2 Å². The van der Waals surface area contributed by atoms with Gasteiger partial charge in [0.2, 0.25) is 8.32 Å². The van der Waals surface area contributed by atoms with Crippen LogP contribution in [0.25, 0.3) is 0 Å². The van der Waals surface area contributed by atoms with Crippen LogP contribution in [-0.2, 0) is 13.9 Å². The molecule has 1 saturated heterocycles. The van der Waals surface area contributed by atoms with E-state index in [1.54, 1.807) is 0 Å². The third-order valence-electron chi connectivity index (χ3n) is 7.67.